The summed E-state index contributed by atoms with van der Waals surface area (Å²) in [5.74, 6) is -0.438. The van der Waals surface area contributed by atoms with Gasteiger partial charge in [-0.05, 0) is 17.7 Å². The molecule has 0 radical (unpaired) electrons. The Hall–Kier alpha value is -2.75. The molecule has 2 rings (SSSR count). The van der Waals surface area contributed by atoms with Gasteiger partial charge in [-0.2, -0.15) is 10.2 Å². The normalized spacial score (nSPS) is 10.9. The van der Waals surface area contributed by atoms with Gasteiger partial charge in [0, 0.05) is 26.5 Å². The topological polar surface area (TPSA) is 111 Å². The molecule has 1 amide bonds. The van der Waals surface area contributed by atoms with Crippen LogP contribution in [0.3, 0.4) is 0 Å². The number of thioether (sulfide) groups is 1. The number of nitrogens with zero attached hydrogens (tertiary/aromatic N) is 5. The van der Waals surface area contributed by atoms with E-state index in [2.05, 4.69) is 20.6 Å². The lowest BCUT2D eigenvalue weighted by Crippen LogP contribution is -2.39. The van der Waals surface area contributed by atoms with Crippen molar-refractivity contribution in [3.8, 4) is 0 Å². The van der Waals surface area contributed by atoms with Crippen LogP contribution >= 0.6 is 11.8 Å². The quantitative estimate of drug-likeness (QED) is 0.432. The smallest absolute Gasteiger partial charge is 0.272 e. The van der Waals surface area contributed by atoms with Gasteiger partial charge in [0.15, 0.2) is 5.03 Å². The maximum absolute atomic E-state index is 11.9. The number of nitrogens with one attached hydrogen (secondary N) is 1. The van der Waals surface area contributed by atoms with Crippen LogP contribution in [0.1, 0.15) is 5.56 Å². The predicted molar refractivity (Wildman–Crippen MR) is 85.4 cm³/mol. The minimum atomic E-state index is -0.536. The SMILES string of the molecule is Cn1nc(SCC(=O)N/N=C\c2ccncc2)c(=O)n(C)c1=O. The monoisotopic (exact) mass is 334 g/mol. The molecule has 0 aliphatic heterocycles. The second kappa shape index (κ2) is 7.49. The van der Waals surface area contributed by atoms with E-state index in [1.807, 2.05) is 0 Å². The summed E-state index contributed by atoms with van der Waals surface area (Å²) in [7, 11) is 2.79. The number of amides is 1. The van der Waals surface area contributed by atoms with Crippen LogP contribution in [0.4, 0.5) is 0 Å². The van der Waals surface area contributed by atoms with Crippen molar-refractivity contribution in [1.29, 1.82) is 0 Å². The van der Waals surface area contributed by atoms with Crippen molar-refractivity contribution in [2.24, 2.45) is 19.2 Å². The third-order valence-electron chi connectivity index (χ3n) is 2.74. The number of aromatic nitrogens is 4. The summed E-state index contributed by atoms with van der Waals surface area (Å²) in [6.45, 7) is 0. The Balaban J connectivity index is 1.94. The fourth-order valence-corrected chi connectivity index (χ4v) is 2.33. The van der Waals surface area contributed by atoms with Crippen LogP contribution in [0.5, 0.6) is 0 Å². The molecule has 0 aliphatic rings. The minimum absolute atomic E-state index is 0.0475. The van der Waals surface area contributed by atoms with E-state index in [1.54, 1.807) is 24.5 Å². The molecular formula is C13H14N6O3S. The molecule has 0 saturated carbocycles. The molecule has 0 aromatic carbocycles. The molecule has 10 heteroatoms. The van der Waals surface area contributed by atoms with Gasteiger partial charge in [0.25, 0.3) is 5.56 Å². The van der Waals surface area contributed by atoms with Gasteiger partial charge in [0.2, 0.25) is 5.91 Å². The van der Waals surface area contributed by atoms with E-state index in [-0.39, 0.29) is 10.8 Å². The van der Waals surface area contributed by atoms with E-state index < -0.39 is 17.2 Å². The highest BCUT2D eigenvalue weighted by Crippen LogP contribution is 2.07. The van der Waals surface area contributed by atoms with Gasteiger partial charge >= 0.3 is 5.69 Å². The second-order valence-electron chi connectivity index (χ2n) is 4.44. The average molecular weight is 334 g/mol. The van der Waals surface area contributed by atoms with E-state index in [0.717, 1.165) is 26.6 Å². The van der Waals surface area contributed by atoms with Crippen molar-refractivity contribution in [3.05, 3.63) is 50.9 Å². The average Bonchev–Trinajstić information content (AvgIpc) is 2.56. The van der Waals surface area contributed by atoms with Crippen molar-refractivity contribution in [3.63, 3.8) is 0 Å². The van der Waals surface area contributed by atoms with E-state index in [9.17, 15) is 14.4 Å². The zero-order valence-corrected chi connectivity index (χ0v) is 13.3. The fraction of sp³-hybridized carbons (Fsp3) is 0.231. The van der Waals surface area contributed by atoms with Gasteiger partial charge in [0.05, 0.1) is 12.0 Å². The lowest BCUT2D eigenvalue weighted by atomic mass is 10.3. The van der Waals surface area contributed by atoms with E-state index in [1.165, 1.54) is 20.3 Å². The van der Waals surface area contributed by atoms with Gasteiger partial charge in [-0.3, -0.25) is 19.1 Å². The number of rotatable bonds is 5. The maximum atomic E-state index is 11.9. The third kappa shape index (κ3) is 4.36. The number of aryl methyl sites for hydroxylation is 1. The molecule has 0 saturated heterocycles. The van der Waals surface area contributed by atoms with Crippen LogP contribution in [0.2, 0.25) is 0 Å². The summed E-state index contributed by atoms with van der Waals surface area (Å²) in [4.78, 5) is 38.9. The lowest BCUT2D eigenvalue weighted by Gasteiger charge is -2.04. The summed E-state index contributed by atoms with van der Waals surface area (Å²) in [5, 5.41) is 7.71. The Kier molecular flexibility index (Phi) is 5.41. The highest BCUT2D eigenvalue weighted by Gasteiger charge is 2.11. The second-order valence-corrected chi connectivity index (χ2v) is 5.40. The molecular weight excluding hydrogens is 320 g/mol. The molecule has 0 unspecified atom stereocenters. The Morgan fingerprint density at radius 2 is 2.04 bits per heavy atom. The van der Waals surface area contributed by atoms with Crippen LogP contribution in [0.25, 0.3) is 0 Å². The zero-order valence-electron chi connectivity index (χ0n) is 12.5. The molecule has 0 aliphatic carbocycles. The van der Waals surface area contributed by atoms with Gasteiger partial charge in [-0.1, -0.05) is 11.8 Å². The van der Waals surface area contributed by atoms with Crippen LogP contribution in [-0.4, -0.2) is 37.2 Å². The van der Waals surface area contributed by atoms with Crippen molar-refractivity contribution in [2.75, 3.05) is 5.75 Å². The maximum Gasteiger partial charge on any atom is 0.346 e. The Morgan fingerprint density at radius 1 is 1.35 bits per heavy atom. The molecule has 1 N–H and O–H groups in total. The van der Waals surface area contributed by atoms with E-state index in [4.69, 9.17) is 0 Å². The lowest BCUT2D eigenvalue weighted by molar-refractivity contribution is -0.118. The first-order valence-corrected chi connectivity index (χ1v) is 7.46. The Labute approximate surface area is 135 Å². The molecule has 2 heterocycles. The molecule has 0 atom stereocenters. The van der Waals surface area contributed by atoms with Crippen LogP contribution in [0.15, 0.2) is 44.2 Å². The molecule has 0 bridgehead atoms. The van der Waals surface area contributed by atoms with Crippen molar-refractivity contribution in [1.82, 2.24) is 24.8 Å². The molecule has 0 fully saturated rings. The molecule has 2 aromatic rings. The van der Waals surface area contributed by atoms with Crippen molar-refractivity contribution < 1.29 is 4.79 Å². The molecule has 23 heavy (non-hydrogen) atoms. The van der Waals surface area contributed by atoms with E-state index >= 15 is 0 Å². The highest BCUT2D eigenvalue weighted by molar-refractivity contribution is 7.99. The number of hydrogen-bond acceptors (Lipinski definition) is 7. The van der Waals surface area contributed by atoms with Crippen LogP contribution in [0, 0.1) is 0 Å². The number of pyridine rings is 1. The molecule has 0 spiro atoms. The summed E-state index contributed by atoms with van der Waals surface area (Å²) >= 11 is 0.938. The van der Waals surface area contributed by atoms with Gasteiger partial charge < -0.3 is 0 Å². The van der Waals surface area contributed by atoms with Crippen LogP contribution in [-0.2, 0) is 18.9 Å². The van der Waals surface area contributed by atoms with Gasteiger partial charge in [-0.15, -0.1) is 0 Å². The van der Waals surface area contributed by atoms with Crippen molar-refractivity contribution >= 4 is 23.9 Å². The third-order valence-corrected chi connectivity index (χ3v) is 3.68. The largest absolute Gasteiger partial charge is 0.346 e. The van der Waals surface area contributed by atoms with Crippen molar-refractivity contribution in [2.45, 2.75) is 5.03 Å². The van der Waals surface area contributed by atoms with E-state index in [0.29, 0.717) is 0 Å². The molecule has 9 nitrogen and oxygen atoms in total. The summed E-state index contributed by atoms with van der Waals surface area (Å²) in [5.41, 5.74) is 2.08. The number of hydrogen-bond donors (Lipinski definition) is 1. The molecule has 2 aromatic heterocycles. The first kappa shape index (κ1) is 16.6. The number of carbonyl (C=O) groups is 1. The number of carbonyl (C=O) groups excluding carboxylic acids is 1. The van der Waals surface area contributed by atoms with Gasteiger partial charge in [-0.25, -0.2) is 14.9 Å². The zero-order chi connectivity index (χ0) is 16.8. The standard InChI is InChI=1S/C13H14N6O3S/c1-18-12(21)11(17-19(2)13(18)22)23-8-10(20)16-15-7-9-3-5-14-6-4-9/h3-7H,8H2,1-2H3,(H,16,20)/b15-7-. The Bertz CT molecular complexity index is 843. The predicted octanol–water partition coefficient (Wildman–Crippen LogP) is -0.884. The first-order chi connectivity index (χ1) is 11.0. The first-order valence-electron chi connectivity index (χ1n) is 6.48. The summed E-state index contributed by atoms with van der Waals surface area (Å²) in [6, 6.07) is 3.48. The van der Waals surface area contributed by atoms with Gasteiger partial charge in [0.1, 0.15) is 0 Å². The highest BCUT2D eigenvalue weighted by atomic mass is 32.2. The minimum Gasteiger partial charge on any atom is -0.272 e. The van der Waals surface area contributed by atoms with Crippen LogP contribution < -0.4 is 16.7 Å². The molecule has 120 valence electrons. The fourth-order valence-electron chi connectivity index (χ4n) is 1.55. The summed E-state index contributed by atoms with van der Waals surface area (Å²) < 4.78 is 1.98. The number of hydrazone groups is 1. The summed E-state index contributed by atoms with van der Waals surface area (Å²) in [6.07, 6.45) is 4.70. The Morgan fingerprint density at radius 3 is 2.74 bits per heavy atom.